The van der Waals surface area contributed by atoms with Crippen LogP contribution < -0.4 is 0 Å². The lowest BCUT2D eigenvalue weighted by Gasteiger charge is -2.29. The molecule has 0 aromatic heterocycles. The highest BCUT2D eigenvalue weighted by molar-refractivity contribution is 5.32. The van der Waals surface area contributed by atoms with E-state index in [0.29, 0.717) is 11.1 Å². The molecule has 0 radical (unpaired) electrons. The van der Waals surface area contributed by atoms with E-state index in [1.807, 2.05) is 13.8 Å². The molecule has 1 N–H and O–H groups in total. The molecule has 0 aliphatic carbocycles. The maximum absolute atomic E-state index is 13.3. The molecule has 0 saturated carbocycles. The molecule has 0 aliphatic heterocycles. The summed E-state index contributed by atoms with van der Waals surface area (Å²) in [7, 11) is 0. The van der Waals surface area contributed by atoms with E-state index in [2.05, 4.69) is 0 Å². The highest BCUT2D eigenvalue weighted by Crippen LogP contribution is 2.31. The third-order valence-electron chi connectivity index (χ3n) is 2.94. The fourth-order valence-electron chi connectivity index (χ4n) is 1.47. The van der Waals surface area contributed by atoms with Gasteiger partial charge in [-0.15, -0.1) is 0 Å². The van der Waals surface area contributed by atoms with Crippen LogP contribution in [0.1, 0.15) is 31.9 Å². The molecule has 1 atom stereocenters. The Labute approximate surface area is 84.6 Å². The molecule has 0 saturated heterocycles. The summed E-state index contributed by atoms with van der Waals surface area (Å²) >= 11 is 0. The first-order valence-electron chi connectivity index (χ1n) is 4.85. The predicted molar refractivity (Wildman–Crippen MR) is 55.5 cm³/mol. The molecule has 0 fully saturated rings. The number of aliphatic hydroxyl groups is 1. The van der Waals surface area contributed by atoms with E-state index < -0.39 is 5.60 Å². The van der Waals surface area contributed by atoms with Crippen molar-refractivity contribution in [3.05, 3.63) is 35.1 Å². The molecule has 1 nitrogen and oxygen atoms in total. The van der Waals surface area contributed by atoms with E-state index in [4.69, 9.17) is 0 Å². The van der Waals surface area contributed by atoms with Gasteiger partial charge in [0.15, 0.2) is 0 Å². The van der Waals surface area contributed by atoms with Crippen molar-refractivity contribution in [3.8, 4) is 0 Å². The van der Waals surface area contributed by atoms with Crippen molar-refractivity contribution in [2.45, 2.75) is 33.3 Å². The van der Waals surface area contributed by atoms with Gasteiger partial charge in [0.2, 0.25) is 0 Å². The highest BCUT2D eigenvalue weighted by Gasteiger charge is 2.29. The van der Waals surface area contributed by atoms with Crippen LogP contribution in [0.4, 0.5) is 4.39 Å². The van der Waals surface area contributed by atoms with E-state index in [1.54, 1.807) is 26.0 Å². The van der Waals surface area contributed by atoms with Crippen LogP contribution in [0.3, 0.4) is 0 Å². The molecule has 1 rings (SSSR count). The van der Waals surface area contributed by atoms with Gasteiger partial charge < -0.3 is 5.11 Å². The van der Waals surface area contributed by atoms with Crippen LogP contribution in [0.5, 0.6) is 0 Å². The van der Waals surface area contributed by atoms with Gasteiger partial charge in [0, 0.05) is 0 Å². The SMILES string of the molecule is Cc1c(F)cccc1C(C)(O)C(C)C. The third-order valence-corrected chi connectivity index (χ3v) is 2.94. The molecule has 1 aromatic rings. The Morgan fingerprint density at radius 3 is 2.43 bits per heavy atom. The van der Waals surface area contributed by atoms with Gasteiger partial charge >= 0.3 is 0 Å². The minimum Gasteiger partial charge on any atom is -0.385 e. The van der Waals surface area contributed by atoms with Gasteiger partial charge in [0.05, 0.1) is 5.60 Å². The van der Waals surface area contributed by atoms with Crippen molar-refractivity contribution in [3.63, 3.8) is 0 Å². The largest absolute Gasteiger partial charge is 0.385 e. The Hall–Kier alpha value is -0.890. The van der Waals surface area contributed by atoms with Gasteiger partial charge in [-0.3, -0.25) is 0 Å². The van der Waals surface area contributed by atoms with Crippen molar-refractivity contribution in [1.82, 2.24) is 0 Å². The van der Waals surface area contributed by atoms with Crippen molar-refractivity contribution < 1.29 is 9.50 Å². The molecule has 14 heavy (non-hydrogen) atoms. The van der Waals surface area contributed by atoms with Crippen LogP contribution in [0, 0.1) is 18.7 Å². The van der Waals surface area contributed by atoms with E-state index >= 15 is 0 Å². The molecule has 0 bridgehead atoms. The molecule has 0 aliphatic rings. The van der Waals surface area contributed by atoms with Gasteiger partial charge in [-0.05, 0) is 37.0 Å². The van der Waals surface area contributed by atoms with Crippen LogP contribution in [0.2, 0.25) is 0 Å². The average Bonchev–Trinajstić information content (AvgIpc) is 2.09. The number of hydrogen-bond donors (Lipinski definition) is 1. The second-order valence-corrected chi connectivity index (χ2v) is 4.21. The summed E-state index contributed by atoms with van der Waals surface area (Å²) in [6, 6.07) is 4.82. The molecule has 2 heteroatoms. The van der Waals surface area contributed by atoms with Crippen LogP contribution in [0.25, 0.3) is 0 Å². The van der Waals surface area contributed by atoms with Crippen molar-refractivity contribution >= 4 is 0 Å². The fraction of sp³-hybridized carbons (Fsp3) is 0.500. The van der Waals surface area contributed by atoms with Gasteiger partial charge in [-0.2, -0.15) is 0 Å². The van der Waals surface area contributed by atoms with Gasteiger partial charge in [-0.1, -0.05) is 26.0 Å². The first-order valence-corrected chi connectivity index (χ1v) is 4.85. The van der Waals surface area contributed by atoms with Crippen molar-refractivity contribution in [2.75, 3.05) is 0 Å². The maximum atomic E-state index is 13.3. The molecule has 78 valence electrons. The first kappa shape index (κ1) is 11.2. The molecular formula is C12H17FO. The lowest BCUT2D eigenvalue weighted by Crippen LogP contribution is -2.29. The van der Waals surface area contributed by atoms with E-state index in [1.165, 1.54) is 6.07 Å². The average molecular weight is 196 g/mol. The van der Waals surface area contributed by atoms with Gasteiger partial charge in [0.1, 0.15) is 5.82 Å². The highest BCUT2D eigenvalue weighted by atomic mass is 19.1. The summed E-state index contributed by atoms with van der Waals surface area (Å²) < 4.78 is 13.3. The van der Waals surface area contributed by atoms with Crippen molar-refractivity contribution in [1.29, 1.82) is 0 Å². The smallest absolute Gasteiger partial charge is 0.126 e. The zero-order chi connectivity index (χ0) is 10.9. The minimum absolute atomic E-state index is 0.0583. The number of halogens is 1. The third kappa shape index (κ3) is 1.80. The summed E-state index contributed by atoms with van der Waals surface area (Å²) in [6.07, 6.45) is 0. The molecule has 0 heterocycles. The summed E-state index contributed by atoms with van der Waals surface area (Å²) in [6.45, 7) is 7.26. The quantitative estimate of drug-likeness (QED) is 0.771. The Balaban J connectivity index is 3.26. The topological polar surface area (TPSA) is 20.2 Å². The van der Waals surface area contributed by atoms with Crippen LogP contribution >= 0.6 is 0 Å². The maximum Gasteiger partial charge on any atom is 0.126 e. The molecule has 0 spiro atoms. The first-order chi connectivity index (χ1) is 6.37. The Morgan fingerprint density at radius 2 is 1.93 bits per heavy atom. The standard InChI is InChI=1S/C12H17FO/c1-8(2)12(4,14)10-6-5-7-11(13)9(10)3/h5-8,14H,1-4H3. The molecule has 1 aromatic carbocycles. The minimum atomic E-state index is -0.966. The van der Waals surface area contributed by atoms with E-state index in [0.717, 1.165) is 0 Å². The van der Waals surface area contributed by atoms with Crippen molar-refractivity contribution in [2.24, 2.45) is 5.92 Å². The van der Waals surface area contributed by atoms with E-state index in [-0.39, 0.29) is 11.7 Å². The van der Waals surface area contributed by atoms with Crippen LogP contribution in [-0.2, 0) is 5.60 Å². The monoisotopic (exact) mass is 196 g/mol. The van der Waals surface area contributed by atoms with Gasteiger partial charge in [0.25, 0.3) is 0 Å². The number of hydrogen-bond acceptors (Lipinski definition) is 1. The Morgan fingerprint density at radius 1 is 1.36 bits per heavy atom. The second-order valence-electron chi connectivity index (χ2n) is 4.21. The summed E-state index contributed by atoms with van der Waals surface area (Å²) in [5, 5.41) is 10.2. The summed E-state index contributed by atoms with van der Waals surface area (Å²) in [4.78, 5) is 0. The summed E-state index contributed by atoms with van der Waals surface area (Å²) in [5.41, 5.74) is 0.241. The fourth-order valence-corrected chi connectivity index (χ4v) is 1.47. The lowest BCUT2D eigenvalue weighted by atomic mass is 9.83. The van der Waals surface area contributed by atoms with Crippen LogP contribution in [0.15, 0.2) is 18.2 Å². The molecule has 1 unspecified atom stereocenters. The zero-order valence-electron chi connectivity index (χ0n) is 9.13. The Kier molecular flexibility index (Phi) is 2.95. The van der Waals surface area contributed by atoms with Crippen LogP contribution in [-0.4, -0.2) is 5.11 Å². The number of benzene rings is 1. The van der Waals surface area contributed by atoms with Gasteiger partial charge in [-0.25, -0.2) is 4.39 Å². The lowest BCUT2D eigenvalue weighted by molar-refractivity contribution is 0.00815. The molecular weight excluding hydrogens is 179 g/mol. The Bertz CT molecular complexity index is 329. The molecule has 0 amide bonds. The number of rotatable bonds is 2. The van der Waals surface area contributed by atoms with E-state index in [9.17, 15) is 9.50 Å². The summed E-state index contributed by atoms with van der Waals surface area (Å²) in [5.74, 6) is -0.202. The zero-order valence-corrected chi connectivity index (χ0v) is 9.13. The second kappa shape index (κ2) is 3.70. The predicted octanol–water partition coefficient (Wildman–Crippen LogP) is 3.00. The normalized spacial score (nSPS) is 15.6.